The van der Waals surface area contributed by atoms with Crippen LogP contribution in [-0.4, -0.2) is 37.3 Å². The molecule has 2 aromatic rings. The zero-order valence-electron chi connectivity index (χ0n) is 13.4. The largest absolute Gasteiger partial charge is 0.337 e. The van der Waals surface area contributed by atoms with Crippen molar-refractivity contribution in [1.29, 1.82) is 0 Å². The van der Waals surface area contributed by atoms with Crippen molar-refractivity contribution in [2.24, 2.45) is 0 Å². The third-order valence-corrected chi connectivity index (χ3v) is 4.47. The van der Waals surface area contributed by atoms with E-state index in [-0.39, 0.29) is 11.8 Å². The lowest BCUT2D eigenvalue weighted by Crippen LogP contribution is -2.25. The van der Waals surface area contributed by atoms with E-state index in [0.717, 1.165) is 18.4 Å². The van der Waals surface area contributed by atoms with Crippen molar-refractivity contribution in [2.45, 2.75) is 25.8 Å². The first-order valence-corrected chi connectivity index (χ1v) is 9.44. The Labute approximate surface area is 139 Å². The van der Waals surface area contributed by atoms with Crippen molar-refractivity contribution in [3.05, 3.63) is 30.2 Å². The molecule has 9 heteroatoms. The van der Waals surface area contributed by atoms with Gasteiger partial charge in [-0.2, -0.15) is 4.98 Å². The summed E-state index contributed by atoms with van der Waals surface area (Å²) in [7, 11) is -3.37. The van der Waals surface area contributed by atoms with E-state index in [1.807, 2.05) is 24.3 Å². The van der Waals surface area contributed by atoms with E-state index in [4.69, 9.17) is 4.52 Å². The van der Waals surface area contributed by atoms with E-state index < -0.39 is 16.1 Å². The van der Waals surface area contributed by atoms with Crippen LogP contribution in [0.25, 0.3) is 11.4 Å². The van der Waals surface area contributed by atoms with Crippen molar-refractivity contribution in [3.8, 4) is 11.4 Å². The van der Waals surface area contributed by atoms with Crippen molar-refractivity contribution in [3.63, 3.8) is 0 Å². The van der Waals surface area contributed by atoms with Gasteiger partial charge in [-0.15, -0.1) is 0 Å². The maximum Gasteiger partial charge on any atom is 0.244 e. The topological polar surface area (TPSA) is 105 Å². The Morgan fingerprint density at radius 1 is 1.38 bits per heavy atom. The summed E-state index contributed by atoms with van der Waals surface area (Å²) in [6.07, 6.45) is 2.48. The predicted octanol–water partition coefficient (Wildman–Crippen LogP) is 1.47. The summed E-state index contributed by atoms with van der Waals surface area (Å²) in [6, 6.07) is 6.70. The molecule has 1 aromatic heterocycles. The summed E-state index contributed by atoms with van der Waals surface area (Å²) >= 11 is 0. The lowest BCUT2D eigenvalue weighted by molar-refractivity contribution is -0.117. The van der Waals surface area contributed by atoms with Crippen LogP contribution in [0, 0.1) is 0 Å². The van der Waals surface area contributed by atoms with Gasteiger partial charge in [0.1, 0.15) is 0 Å². The third kappa shape index (κ3) is 3.62. The summed E-state index contributed by atoms with van der Waals surface area (Å²) < 4.78 is 30.1. The van der Waals surface area contributed by atoms with E-state index >= 15 is 0 Å². The van der Waals surface area contributed by atoms with Gasteiger partial charge in [0.05, 0.1) is 12.3 Å². The summed E-state index contributed by atoms with van der Waals surface area (Å²) in [5, 5.41) is 3.90. The molecule has 8 nitrogen and oxygen atoms in total. The highest BCUT2D eigenvalue weighted by molar-refractivity contribution is 7.88. The van der Waals surface area contributed by atoms with Gasteiger partial charge in [-0.05, 0) is 25.5 Å². The minimum Gasteiger partial charge on any atom is -0.337 e. The van der Waals surface area contributed by atoms with E-state index in [0.29, 0.717) is 24.4 Å². The molecule has 1 N–H and O–H groups in total. The molecule has 1 saturated heterocycles. The van der Waals surface area contributed by atoms with Crippen molar-refractivity contribution < 1.29 is 17.7 Å². The number of rotatable bonds is 5. The number of sulfonamides is 1. The number of benzene rings is 1. The molecule has 0 spiro atoms. The van der Waals surface area contributed by atoms with Gasteiger partial charge in [0.25, 0.3) is 0 Å². The van der Waals surface area contributed by atoms with Crippen LogP contribution < -0.4 is 9.62 Å². The highest BCUT2D eigenvalue weighted by Crippen LogP contribution is 2.26. The molecule has 1 aliphatic rings. The van der Waals surface area contributed by atoms with Gasteiger partial charge < -0.3 is 9.42 Å². The van der Waals surface area contributed by atoms with Crippen LogP contribution in [-0.2, 0) is 14.8 Å². The molecule has 2 heterocycles. The van der Waals surface area contributed by atoms with Crippen LogP contribution in [0.4, 0.5) is 5.69 Å². The van der Waals surface area contributed by atoms with E-state index in [1.165, 1.54) is 0 Å². The van der Waals surface area contributed by atoms with Gasteiger partial charge in [0, 0.05) is 24.2 Å². The van der Waals surface area contributed by atoms with Crippen molar-refractivity contribution in [2.75, 3.05) is 17.7 Å². The minimum atomic E-state index is -3.37. The number of hydrogen-bond acceptors (Lipinski definition) is 6. The molecule has 24 heavy (non-hydrogen) atoms. The number of aromatic nitrogens is 2. The second kappa shape index (κ2) is 6.33. The maximum atomic E-state index is 11.9. The third-order valence-electron chi connectivity index (χ3n) is 3.69. The van der Waals surface area contributed by atoms with Gasteiger partial charge in [-0.1, -0.05) is 17.3 Å². The van der Waals surface area contributed by atoms with E-state index in [1.54, 1.807) is 11.8 Å². The number of carbonyl (C=O) groups is 1. The second-order valence-electron chi connectivity index (χ2n) is 5.77. The summed E-state index contributed by atoms with van der Waals surface area (Å²) in [5.41, 5.74) is 1.50. The van der Waals surface area contributed by atoms with Crippen LogP contribution in [0.1, 0.15) is 31.7 Å². The average molecular weight is 350 g/mol. The number of anilines is 1. The molecule has 0 radical (unpaired) electrons. The lowest BCUT2D eigenvalue weighted by atomic mass is 10.2. The Balaban J connectivity index is 1.84. The van der Waals surface area contributed by atoms with Gasteiger partial charge in [-0.25, -0.2) is 13.1 Å². The van der Waals surface area contributed by atoms with Gasteiger partial charge in [0.15, 0.2) is 0 Å². The summed E-state index contributed by atoms with van der Waals surface area (Å²) in [5.74, 6) is 0.630. The number of carbonyl (C=O) groups excluding carboxylic acids is 1. The highest BCUT2D eigenvalue weighted by atomic mass is 32.2. The Morgan fingerprint density at radius 2 is 2.17 bits per heavy atom. The highest BCUT2D eigenvalue weighted by Gasteiger charge is 2.23. The molecular weight excluding hydrogens is 332 g/mol. The van der Waals surface area contributed by atoms with Crippen LogP contribution in [0.15, 0.2) is 28.8 Å². The molecule has 1 aromatic carbocycles. The molecule has 0 bridgehead atoms. The maximum absolute atomic E-state index is 11.9. The Hall–Kier alpha value is -2.26. The molecule has 1 unspecified atom stereocenters. The van der Waals surface area contributed by atoms with Gasteiger partial charge in [0.2, 0.25) is 27.6 Å². The standard InChI is InChI=1S/C15H18N4O4S/c1-10(18-24(2,21)22)15-16-14(17-23-15)11-5-3-6-12(9-11)19-8-4-7-13(19)20/h3,5-6,9-10,18H,4,7-8H2,1-2H3. The summed E-state index contributed by atoms with van der Waals surface area (Å²) in [4.78, 5) is 17.8. The van der Waals surface area contributed by atoms with Gasteiger partial charge >= 0.3 is 0 Å². The molecule has 1 atom stereocenters. The van der Waals surface area contributed by atoms with Crippen molar-refractivity contribution >= 4 is 21.6 Å². The Bertz CT molecular complexity index is 862. The normalized spacial score (nSPS) is 16.6. The number of hydrogen-bond donors (Lipinski definition) is 1. The first-order chi connectivity index (χ1) is 11.3. The molecule has 1 amide bonds. The smallest absolute Gasteiger partial charge is 0.244 e. The average Bonchev–Trinajstić information content (AvgIpc) is 3.14. The lowest BCUT2D eigenvalue weighted by Gasteiger charge is -2.15. The molecule has 1 fully saturated rings. The van der Waals surface area contributed by atoms with Crippen LogP contribution in [0.3, 0.4) is 0 Å². The number of nitrogens with one attached hydrogen (secondary N) is 1. The van der Waals surface area contributed by atoms with Crippen LogP contribution >= 0.6 is 0 Å². The van der Waals surface area contributed by atoms with Gasteiger partial charge in [-0.3, -0.25) is 4.79 Å². The molecule has 0 aliphatic carbocycles. The fraction of sp³-hybridized carbons (Fsp3) is 0.400. The number of nitrogens with zero attached hydrogens (tertiary/aromatic N) is 3. The van der Waals surface area contributed by atoms with Crippen LogP contribution in [0.2, 0.25) is 0 Å². The molecule has 128 valence electrons. The molecular formula is C15H18N4O4S. The Morgan fingerprint density at radius 3 is 2.83 bits per heavy atom. The van der Waals surface area contributed by atoms with Crippen molar-refractivity contribution in [1.82, 2.24) is 14.9 Å². The van der Waals surface area contributed by atoms with E-state index in [9.17, 15) is 13.2 Å². The zero-order valence-corrected chi connectivity index (χ0v) is 14.2. The Kier molecular flexibility index (Phi) is 4.37. The number of amides is 1. The second-order valence-corrected chi connectivity index (χ2v) is 7.55. The first-order valence-electron chi connectivity index (χ1n) is 7.55. The molecule has 0 saturated carbocycles. The fourth-order valence-electron chi connectivity index (χ4n) is 2.63. The van der Waals surface area contributed by atoms with E-state index in [2.05, 4.69) is 14.9 Å². The zero-order chi connectivity index (χ0) is 17.3. The summed E-state index contributed by atoms with van der Waals surface area (Å²) in [6.45, 7) is 2.33. The molecule has 3 rings (SSSR count). The monoisotopic (exact) mass is 350 g/mol. The first kappa shape index (κ1) is 16.6. The predicted molar refractivity (Wildman–Crippen MR) is 87.7 cm³/mol. The quantitative estimate of drug-likeness (QED) is 0.875. The SMILES string of the molecule is CC(NS(C)(=O)=O)c1nc(-c2cccc(N3CCCC3=O)c2)no1. The molecule has 1 aliphatic heterocycles. The van der Waals surface area contributed by atoms with Crippen LogP contribution in [0.5, 0.6) is 0 Å². The fourth-order valence-corrected chi connectivity index (χ4v) is 3.38. The minimum absolute atomic E-state index is 0.104.